The van der Waals surface area contributed by atoms with Gasteiger partial charge in [0.1, 0.15) is 11.8 Å². The van der Waals surface area contributed by atoms with E-state index in [1.54, 1.807) is 12.1 Å². The molecule has 9 heteroatoms. The topological polar surface area (TPSA) is 94.2 Å². The Morgan fingerprint density at radius 1 is 1.07 bits per heavy atom. The Morgan fingerprint density at radius 2 is 1.73 bits per heavy atom. The summed E-state index contributed by atoms with van der Waals surface area (Å²) in [4.78, 5) is 12.8. The number of nitrogens with zero attached hydrogens (tertiary/aromatic N) is 1. The van der Waals surface area contributed by atoms with Gasteiger partial charge in [0.2, 0.25) is 15.9 Å². The van der Waals surface area contributed by atoms with Crippen molar-refractivity contribution in [3.63, 3.8) is 0 Å². The van der Waals surface area contributed by atoms with Crippen LogP contribution < -0.4 is 23.8 Å². The lowest BCUT2D eigenvalue weighted by molar-refractivity contribution is -0.122. The highest BCUT2D eigenvalue weighted by Crippen LogP contribution is 2.33. The number of ether oxygens (including phenoxy) is 3. The van der Waals surface area contributed by atoms with Crippen molar-refractivity contribution < 1.29 is 27.4 Å². The van der Waals surface area contributed by atoms with Crippen LogP contribution >= 0.6 is 0 Å². The fraction of sp³-hybridized carbons (Fsp3) is 0.381. The van der Waals surface area contributed by atoms with Crippen LogP contribution in [-0.2, 0) is 21.4 Å². The maximum absolute atomic E-state index is 12.8. The first-order valence-corrected chi connectivity index (χ1v) is 11.3. The van der Waals surface area contributed by atoms with Gasteiger partial charge in [-0.15, -0.1) is 0 Å². The molecule has 0 heterocycles. The molecule has 8 nitrogen and oxygen atoms in total. The monoisotopic (exact) mass is 436 g/mol. The predicted octanol–water partition coefficient (Wildman–Crippen LogP) is 2.57. The molecule has 1 amide bonds. The smallest absolute Gasteiger partial charge is 0.243 e. The zero-order valence-electron chi connectivity index (χ0n) is 17.8. The maximum Gasteiger partial charge on any atom is 0.243 e. The van der Waals surface area contributed by atoms with E-state index in [2.05, 4.69) is 5.32 Å². The number of carbonyl (C=O) groups excluding carboxylic acids is 1. The van der Waals surface area contributed by atoms with Crippen LogP contribution in [0.1, 0.15) is 19.4 Å². The summed E-state index contributed by atoms with van der Waals surface area (Å²) in [5.41, 5.74) is 1.10. The van der Waals surface area contributed by atoms with E-state index in [-0.39, 0.29) is 6.54 Å². The highest BCUT2D eigenvalue weighted by atomic mass is 32.2. The van der Waals surface area contributed by atoms with E-state index in [1.807, 2.05) is 31.2 Å². The van der Waals surface area contributed by atoms with Crippen molar-refractivity contribution in [3.8, 4) is 17.2 Å². The van der Waals surface area contributed by atoms with Crippen molar-refractivity contribution in [2.45, 2.75) is 26.4 Å². The summed E-state index contributed by atoms with van der Waals surface area (Å²) in [5, 5.41) is 2.79. The molecule has 0 saturated carbocycles. The molecule has 0 aliphatic carbocycles. The Hall–Kier alpha value is -2.94. The molecule has 0 bridgehead atoms. The van der Waals surface area contributed by atoms with Gasteiger partial charge in [-0.2, -0.15) is 0 Å². The molecular formula is C21H28N2O6S. The normalized spacial score (nSPS) is 12.0. The van der Waals surface area contributed by atoms with E-state index in [1.165, 1.54) is 27.2 Å². The Morgan fingerprint density at radius 3 is 2.33 bits per heavy atom. The van der Waals surface area contributed by atoms with Gasteiger partial charge in [-0.25, -0.2) is 8.42 Å². The first-order valence-electron chi connectivity index (χ1n) is 9.42. The Balaban J connectivity index is 2.26. The standard InChI is InChI=1S/C21H28N2O6S/c1-6-29-18-10-8-7-9-16(18)14-22-21(24)15(2)23(30(5,25)26)17-11-12-19(27-3)20(13-17)28-4/h7-13,15H,6,14H2,1-5H3,(H,22,24)/t15-/m1/s1. The number of hydrogen-bond donors (Lipinski definition) is 1. The summed E-state index contributed by atoms with van der Waals surface area (Å²) in [7, 11) is -0.810. The van der Waals surface area contributed by atoms with Crippen LogP contribution in [-0.4, -0.2) is 47.4 Å². The summed E-state index contributed by atoms with van der Waals surface area (Å²) in [6.07, 6.45) is 1.05. The lowest BCUT2D eigenvalue weighted by atomic mass is 10.2. The summed E-state index contributed by atoms with van der Waals surface area (Å²) < 4.78 is 42.1. The number of anilines is 1. The Bertz CT molecular complexity index is 977. The molecule has 0 saturated heterocycles. The van der Waals surface area contributed by atoms with Crippen LogP contribution in [0.15, 0.2) is 42.5 Å². The zero-order valence-corrected chi connectivity index (χ0v) is 18.7. The lowest BCUT2D eigenvalue weighted by Crippen LogP contribution is -2.47. The minimum Gasteiger partial charge on any atom is -0.494 e. The molecule has 2 rings (SSSR count). The molecule has 1 N–H and O–H groups in total. The maximum atomic E-state index is 12.8. The average molecular weight is 437 g/mol. The minimum absolute atomic E-state index is 0.211. The SMILES string of the molecule is CCOc1ccccc1CNC(=O)[C@@H](C)N(c1ccc(OC)c(OC)c1)S(C)(=O)=O. The second-order valence-corrected chi connectivity index (χ2v) is 8.39. The van der Waals surface area contributed by atoms with Crippen molar-refractivity contribution >= 4 is 21.6 Å². The quantitative estimate of drug-likeness (QED) is 0.615. The Labute approximate surface area is 177 Å². The first kappa shape index (κ1) is 23.3. The number of rotatable bonds is 10. The van der Waals surface area contributed by atoms with E-state index in [0.29, 0.717) is 29.5 Å². The Kier molecular flexibility index (Phi) is 7.93. The van der Waals surface area contributed by atoms with Crippen LogP contribution in [0, 0.1) is 0 Å². The molecule has 0 aromatic heterocycles. The van der Waals surface area contributed by atoms with Crippen LogP contribution in [0.4, 0.5) is 5.69 Å². The second kappa shape index (κ2) is 10.2. The fourth-order valence-corrected chi connectivity index (χ4v) is 4.21. The van der Waals surface area contributed by atoms with Crippen molar-refractivity contribution in [1.82, 2.24) is 5.32 Å². The third-order valence-electron chi connectivity index (χ3n) is 4.44. The van der Waals surface area contributed by atoms with E-state index in [9.17, 15) is 13.2 Å². The highest BCUT2D eigenvalue weighted by molar-refractivity contribution is 7.92. The van der Waals surface area contributed by atoms with Crippen LogP contribution in [0.5, 0.6) is 17.2 Å². The predicted molar refractivity (Wildman–Crippen MR) is 116 cm³/mol. The van der Waals surface area contributed by atoms with E-state index in [4.69, 9.17) is 14.2 Å². The van der Waals surface area contributed by atoms with Gasteiger partial charge in [-0.05, 0) is 32.0 Å². The number of carbonyl (C=O) groups is 1. The average Bonchev–Trinajstić information content (AvgIpc) is 2.72. The van der Waals surface area contributed by atoms with Gasteiger partial charge in [0, 0.05) is 18.2 Å². The third-order valence-corrected chi connectivity index (χ3v) is 5.68. The molecule has 2 aromatic carbocycles. The number of hydrogen-bond acceptors (Lipinski definition) is 6. The van der Waals surface area contributed by atoms with Crippen molar-refractivity contribution in [3.05, 3.63) is 48.0 Å². The van der Waals surface area contributed by atoms with Gasteiger partial charge in [0.15, 0.2) is 11.5 Å². The molecule has 0 radical (unpaired) electrons. The van der Waals surface area contributed by atoms with Gasteiger partial charge in [-0.1, -0.05) is 18.2 Å². The zero-order chi connectivity index (χ0) is 22.3. The van der Waals surface area contributed by atoms with Gasteiger partial charge in [0.05, 0.1) is 32.8 Å². The molecule has 0 fully saturated rings. The number of benzene rings is 2. The van der Waals surface area contributed by atoms with E-state index in [0.717, 1.165) is 16.1 Å². The van der Waals surface area contributed by atoms with Crippen LogP contribution in [0.2, 0.25) is 0 Å². The van der Waals surface area contributed by atoms with Crippen molar-refractivity contribution in [2.75, 3.05) is 31.4 Å². The number of nitrogens with one attached hydrogen (secondary N) is 1. The van der Waals surface area contributed by atoms with Crippen LogP contribution in [0.25, 0.3) is 0 Å². The molecule has 0 spiro atoms. The van der Waals surface area contributed by atoms with Crippen molar-refractivity contribution in [2.24, 2.45) is 0 Å². The molecule has 0 aliphatic heterocycles. The van der Waals surface area contributed by atoms with E-state index < -0.39 is 22.0 Å². The molecule has 2 aromatic rings. The van der Waals surface area contributed by atoms with Crippen molar-refractivity contribution in [1.29, 1.82) is 0 Å². The first-order chi connectivity index (χ1) is 14.2. The lowest BCUT2D eigenvalue weighted by Gasteiger charge is -2.28. The summed E-state index contributed by atoms with van der Waals surface area (Å²) >= 11 is 0. The van der Waals surface area contributed by atoms with Gasteiger partial charge in [-0.3, -0.25) is 9.10 Å². The summed E-state index contributed by atoms with van der Waals surface area (Å²) in [6, 6.07) is 11.1. The second-order valence-electron chi connectivity index (χ2n) is 6.53. The number of methoxy groups -OCH3 is 2. The molecule has 1 atom stereocenters. The summed E-state index contributed by atoms with van der Waals surface area (Å²) in [5.74, 6) is 1.05. The number of amides is 1. The molecule has 164 valence electrons. The van der Waals surface area contributed by atoms with Gasteiger partial charge >= 0.3 is 0 Å². The molecule has 30 heavy (non-hydrogen) atoms. The molecular weight excluding hydrogens is 408 g/mol. The number of sulfonamides is 1. The fourth-order valence-electron chi connectivity index (χ4n) is 3.05. The third kappa shape index (κ3) is 5.56. The van der Waals surface area contributed by atoms with Crippen LogP contribution in [0.3, 0.4) is 0 Å². The number of para-hydroxylation sites is 1. The summed E-state index contributed by atoms with van der Waals surface area (Å²) in [6.45, 7) is 4.12. The molecule has 0 unspecified atom stereocenters. The largest absolute Gasteiger partial charge is 0.494 e. The van der Waals surface area contributed by atoms with Gasteiger partial charge < -0.3 is 19.5 Å². The highest BCUT2D eigenvalue weighted by Gasteiger charge is 2.29. The molecule has 0 aliphatic rings. The van der Waals surface area contributed by atoms with Gasteiger partial charge in [0.25, 0.3) is 0 Å². The van der Waals surface area contributed by atoms with E-state index >= 15 is 0 Å². The minimum atomic E-state index is -3.76.